The number of fused-ring (bicyclic) bond motifs is 1. The highest BCUT2D eigenvalue weighted by Crippen LogP contribution is 2.27. The van der Waals surface area contributed by atoms with Crippen LogP contribution in [0.3, 0.4) is 0 Å². The third-order valence-electron chi connectivity index (χ3n) is 6.63. The predicted molar refractivity (Wildman–Crippen MR) is 144 cm³/mol. The Labute approximate surface area is 220 Å². The number of likely N-dealkylation sites (tertiary alicyclic amines) is 1. The van der Waals surface area contributed by atoms with Gasteiger partial charge in [0.05, 0.1) is 30.0 Å². The number of imidazole rings is 2. The van der Waals surface area contributed by atoms with Gasteiger partial charge in [0.1, 0.15) is 17.1 Å². The van der Waals surface area contributed by atoms with Crippen molar-refractivity contribution in [2.45, 2.75) is 50.3 Å². The Morgan fingerprint density at radius 1 is 1.16 bits per heavy atom. The molecule has 5 rings (SSSR count). The molecule has 0 spiro atoms. The van der Waals surface area contributed by atoms with Crippen molar-refractivity contribution < 1.29 is 9.53 Å². The first-order valence-corrected chi connectivity index (χ1v) is 13.6. The van der Waals surface area contributed by atoms with Gasteiger partial charge < -0.3 is 9.30 Å². The summed E-state index contributed by atoms with van der Waals surface area (Å²) in [6.07, 6.45) is 6.16. The summed E-state index contributed by atoms with van der Waals surface area (Å²) in [6.45, 7) is 7.62. The van der Waals surface area contributed by atoms with Crippen molar-refractivity contribution in [1.82, 2.24) is 28.6 Å². The van der Waals surface area contributed by atoms with Crippen LogP contribution in [-0.4, -0.2) is 59.5 Å². The molecule has 3 aromatic heterocycles. The number of ether oxygens (including phenoxy) is 1. The minimum atomic E-state index is -0.568. The fraction of sp³-hybridized carbons (Fsp3) is 0.407. The number of esters is 1. The number of aromatic nitrogens is 5. The molecule has 9 nitrogen and oxygen atoms in total. The summed E-state index contributed by atoms with van der Waals surface area (Å²) in [5.41, 5.74) is 2.10. The van der Waals surface area contributed by atoms with E-state index in [2.05, 4.69) is 14.9 Å². The van der Waals surface area contributed by atoms with Gasteiger partial charge >= 0.3 is 11.7 Å². The minimum absolute atomic E-state index is 0.0118. The number of carbonyl (C=O) groups is 1. The van der Waals surface area contributed by atoms with E-state index in [4.69, 9.17) is 4.74 Å². The van der Waals surface area contributed by atoms with E-state index in [0.717, 1.165) is 34.9 Å². The van der Waals surface area contributed by atoms with Gasteiger partial charge in [-0.05, 0) is 69.8 Å². The molecule has 0 amide bonds. The van der Waals surface area contributed by atoms with Gasteiger partial charge in [-0.2, -0.15) is 0 Å². The van der Waals surface area contributed by atoms with E-state index in [1.165, 1.54) is 0 Å². The van der Waals surface area contributed by atoms with E-state index in [9.17, 15) is 9.59 Å². The van der Waals surface area contributed by atoms with E-state index in [1.54, 1.807) is 33.3 Å². The Kier molecular flexibility index (Phi) is 6.72. The van der Waals surface area contributed by atoms with Gasteiger partial charge in [-0.15, -0.1) is 11.8 Å². The Bertz CT molecular complexity index is 1500. The minimum Gasteiger partial charge on any atom is -0.455 e. The van der Waals surface area contributed by atoms with Crippen molar-refractivity contribution in [3.8, 4) is 5.69 Å². The average Bonchev–Trinajstić information content (AvgIpc) is 3.54. The number of benzene rings is 1. The summed E-state index contributed by atoms with van der Waals surface area (Å²) < 4.78 is 10.9. The molecule has 1 aromatic carbocycles. The third kappa shape index (κ3) is 4.95. The topological polar surface area (TPSA) is 87.2 Å². The molecular formula is C27H32N6O3S. The lowest BCUT2D eigenvalue weighted by atomic mass is 10.2. The summed E-state index contributed by atoms with van der Waals surface area (Å²) >= 11 is 1.67. The quantitative estimate of drug-likeness (QED) is 0.280. The van der Waals surface area contributed by atoms with Crippen LogP contribution in [-0.2, 0) is 18.3 Å². The van der Waals surface area contributed by atoms with Gasteiger partial charge in [-0.3, -0.25) is 14.0 Å². The number of carbonyl (C=O) groups excluding carboxylic acids is 1. The first-order chi connectivity index (χ1) is 17.7. The van der Waals surface area contributed by atoms with Crippen LogP contribution in [0.5, 0.6) is 0 Å². The highest BCUT2D eigenvalue weighted by molar-refractivity contribution is 7.98. The van der Waals surface area contributed by atoms with Crippen molar-refractivity contribution in [2.24, 2.45) is 7.05 Å². The van der Waals surface area contributed by atoms with Crippen molar-refractivity contribution in [3.63, 3.8) is 0 Å². The lowest BCUT2D eigenvalue weighted by Crippen LogP contribution is -2.29. The smallest absolute Gasteiger partial charge is 0.357 e. The number of hydrogen-bond donors (Lipinski definition) is 0. The standard InChI is InChI=1S/C27H32N6O3S/c1-27(2,3)36-25(34)22-15-29-23(30(22)4)17-31-14-12-19(16-31)33-24-21(7-6-13-28-24)32(26(33)35)18-8-10-20(37-5)11-9-18/h6-11,13,15,19H,12,14,16-17H2,1-5H3. The monoisotopic (exact) mass is 520 g/mol. The van der Waals surface area contributed by atoms with Gasteiger partial charge in [0.15, 0.2) is 5.65 Å². The molecule has 1 fully saturated rings. The van der Waals surface area contributed by atoms with Gasteiger partial charge in [0.25, 0.3) is 0 Å². The molecule has 10 heteroatoms. The first-order valence-electron chi connectivity index (χ1n) is 12.3. The molecule has 0 radical (unpaired) electrons. The second-order valence-electron chi connectivity index (χ2n) is 10.3. The maximum Gasteiger partial charge on any atom is 0.357 e. The molecule has 0 aliphatic carbocycles. The van der Waals surface area contributed by atoms with E-state index in [-0.39, 0.29) is 17.7 Å². The molecule has 37 heavy (non-hydrogen) atoms. The van der Waals surface area contributed by atoms with E-state index in [1.807, 2.05) is 75.0 Å². The van der Waals surface area contributed by atoms with Crippen LogP contribution >= 0.6 is 11.8 Å². The Hall–Kier alpha value is -3.37. The number of rotatable bonds is 6. The summed E-state index contributed by atoms with van der Waals surface area (Å²) in [5.74, 6) is 0.396. The molecule has 4 heterocycles. The van der Waals surface area contributed by atoms with Gasteiger partial charge in [-0.25, -0.2) is 19.6 Å². The van der Waals surface area contributed by atoms with Crippen LogP contribution in [0.1, 0.15) is 49.5 Å². The average molecular weight is 521 g/mol. The maximum atomic E-state index is 13.7. The molecule has 1 saturated heterocycles. The molecule has 1 aliphatic heterocycles. The van der Waals surface area contributed by atoms with Crippen LogP contribution < -0.4 is 5.69 Å². The van der Waals surface area contributed by atoms with Crippen molar-refractivity contribution >= 4 is 28.9 Å². The second-order valence-corrected chi connectivity index (χ2v) is 11.2. The first kappa shape index (κ1) is 25.3. The maximum absolute atomic E-state index is 13.7. The second kappa shape index (κ2) is 9.83. The fourth-order valence-corrected chi connectivity index (χ4v) is 5.25. The zero-order valence-corrected chi connectivity index (χ0v) is 22.7. The SMILES string of the molecule is CSc1ccc(-n2c(=O)n(C3CCN(Cc4ncc(C(=O)OC(C)(C)C)n4C)C3)c3ncccc32)cc1. The molecule has 0 bridgehead atoms. The van der Waals surface area contributed by atoms with Crippen LogP contribution in [0.15, 0.2) is 58.5 Å². The zero-order chi connectivity index (χ0) is 26.3. The summed E-state index contributed by atoms with van der Waals surface area (Å²) in [6, 6.07) is 11.8. The van der Waals surface area contributed by atoms with Gasteiger partial charge in [-0.1, -0.05) is 0 Å². The molecule has 1 atom stereocenters. The molecule has 1 aliphatic rings. The summed E-state index contributed by atoms with van der Waals surface area (Å²) in [5, 5.41) is 0. The lowest BCUT2D eigenvalue weighted by Gasteiger charge is -2.20. The number of thioether (sulfide) groups is 1. The van der Waals surface area contributed by atoms with E-state index in [0.29, 0.717) is 24.4 Å². The zero-order valence-electron chi connectivity index (χ0n) is 21.8. The Morgan fingerprint density at radius 2 is 1.92 bits per heavy atom. The van der Waals surface area contributed by atoms with Crippen LogP contribution in [0.4, 0.5) is 0 Å². The largest absolute Gasteiger partial charge is 0.455 e. The fourth-order valence-electron chi connectivity index (χ4n) is 4.84. The van der Waals surface area contributed by atoms with Crippen molar-refractivity contribution in [3.05, 3.63) is 70.8 Å². The van der Waals surface area contributed by atoms with Crippen LogP contribution in [0, 0.1) is 0 Å². The van der Waals surface area contributed by atoms with Crippen molar-refractivity contribution in [1.29, 1.82) is 0 Å². The molecule has 1 unspecified atom stereocenters. The highest BCUT2D eigenvalue weighted by atomic mass is 32.2. The Balaban J connectivity index is 1.39. The summed E-state index contributed by atoms with van der Waals surface area (Å²) in [4.78, 5) is 38.8. The molecule has 0 saturated carbocycles. The van der Waals surface area contributed by atoms with Gasteiger partial charge in [0.2, 0.25) is 0 Å². The highest BCUT2D eigenvalue weighted by Gasteiger charge is 2.30. The predicted octanol–water partition coefficient (Wildman–Crippen LogP) is 4.04. The number of pyridine rings is 1. The molecule has 194 valence electrons. The summed E-state index contributed by atoms with van der Waals surface area (Å²) in [7, 11) is 1.83. The normalized spacial score (nSPS) is 16.5. The molecule has 4 aromatic rings. The van der Waals surface area contributed by atoms with Crippen LogP contribution in [0.2, 0.25) is 0 Å². The van der Waals surface area contributed by atoms with Crippen LogP contribution in [0.25, 0.3) is 16.9 Å². The third-order valence-corrected chi connectivity index (χ3v) is 7.38. The number of nitrogens with zero attached hydrogens (tertiary/aromatic N) is 6. The van der Waals surface area contributed by atoms with E-state index >= 15 is 0 Å². The van der Waals surface area contributed by atoms with E-state index < -0.39 is 5.60 Å². The lowest BCUT2D eigenvalue weighted by molar-refractivity contribution is 0.00584. The molecule has 0 N–H and O–H groups in total. The molecular weight excluding hydrogens is 488 g/mol. The van der Waals surface area contributed by atoms with Crippen molar-refractivity contribution in [2.75, 3.05) is 19.3 Å². The number of hydrogen-bond acceptors (Lipinski definition) is 7. The van der Waals surface area contributed by atoms with Gasteiger partial charge in [0, 0.05) is 31.2 Å². The Morgan fingerprint density at radius 3 is 2.62 bits per heavy atom.